The first kappa shape index (κ1) is 16.7. The quantitative estimate of drug-likeness (QED) is 0.598. The van der Waals surface area contributed by atoms with Crippen molar-refractivity contribution in [2.45, 2.75) is 39.7 Å². The van der Waals surface area contributed by atoms with Crippen molar-refractivity contribution in [1.29, 1.82) is 0 Å². The Labute approximate surface area is 131 Å². The largest absolute Gasteiger partial charge is 0.497 e. The van der Waals surface area contributed by atoms with Crippen LogP contribution in [0.1, 0.15) is 38.7 Å². The maximum Gasteiger partial charge on any atom is 0.146 e. The number of Topliss-reactive ketones (excluding diaryl/α,β-unsaturated/α-hetero) is 2. The summed E-state index contributed by atoms with van der Waals surface area (Å²) in [5.41, 5.74) is 0.650. The Balaban J connectivity index is 1.80. The Morgan fingerprint density at radius 3 is 2.55 bits per heavy atom. The van der Waals surface area contributed by atoms with Crippen LogP contribution in [0.4, 0.5) is 0 Å². The number of benzene rings is 1. The third-order valence-corrected chi connectivity index (χ3v) is 4.54. The summed E-state index contributed by atoms with van der Waals surface area (Å²) in [4.78, 5) is 23.7. The zero-order valence-corrected chi connectivity index (χ0v) is 13.6. The van der Waals surface area contributed by atoms with E-state index in [4.69, 9.17) is 9.47 Å². The molecule has 1 aromatic carbocycles. The Bertz CT molecular complexity index is 535. The van der Waals surface area contributed by atoms with Crippen LogP contribution in [0, 0.1) is 11.3 Å². The van der Waals surface area contributed by atoms with E-state index in [-0.39, 0.29) is 23.9 Å². The number of hydrogen-bond acceptors (Lipinski definition) is 4. The van der Waals surface area contributed by atoms with Crippen molar-refractivity contribution in [3.63, 3.8) is 0 Å². The molecule has 0 bridgehead atoms. The van der Waals surface area contributed by atoms with Gasteiger partial charge >= 0.3 is 0 Å². The molecule has 2 rings (SSSR count). The van der Waals surface area contributed by atoms with Crippen molar-refractivity contribution in [3.8, 4) is 5.75 Å². The summed E-state index contributed by atoms with van der Waals surface area (Å²) in [6, 6.07) is 7.73. The Morgan fingerprint density at radius 1 is 1.23 bits per heavy atom. The maximum absolute atomic E-state index is 12.1. The fourth-order valence-corrected chi connectivity index (χ4v) is 2.90. The van der Waals surface area contributed by atoms with Crippen molar-refractivity contribution in [2.75, 3.05) is 13.7 Å². The molecule has 1 aromatic rings. The summed E-state index contributed by atoms with van der Waals surface area (Å²) >= 11 is 0. The lowest BCUT2D eigenvalue weighted by atomic mass is 9.68. The lowest BCUT2D eigenvalue weighted by Gasteiger charge is -2.34. The zero-order valence-electron chi connectivity index (χ0n) is 13.6. The molecule has 1 saturated carbocycles. The van der Waals surface area contributed by atoms with Crippen LogP contribution in [0.2, 0.25) is 0 Å². The highest BCUT2D eigenvalue weighted by Gasteiger charge is 2.41. The van der Waals surface area contributed by atoms with E-state index in [0.717, 1.165) is 11.3 Å². The van der Waals surface area contributed by atoms with Crippen molar-refractivity contribution < 1.29 is 19.1 Å². The summed E-state index contributed by atoms with van der Waals surface area (Å²) in [5, 5.41) is 0. The summed E-state index contributed by atoms with van der Waals surface area (Å²) in [5.74, 6) is 0.928. The minimum atomic E-state index is -0.423. The third-order valence-electron chi connectivity index (χ3n) is 4.54. The molecule has 1 fully saturated rings. The first-order valence-corrected chi connectivity index (χ1v) is 7.71. The molecule has 0 aromatic heterocycles. The highest BCUT2D eigenvalue weighted by atomic mass is 16.5. The molecule has 2 atom stereocenters. The standard InChI is InChI=1S/C18H24O4/c1-13-11-18(2,17(20)10-16(13)19)8-9-22-12-14-4-6-15(21-3)7-5-14/h4-7,13H,8-12H2,1-3H3. The molecule has 1 aliphatic rings. The van der Waals surface area contributed by atoms with Gasteiger partial charge in [-0.3, -0.25) is 9.59 Å². The normalized spacial score (nSPS) is 25.3. The topological polar surface area (TPSA) is 52.6 Å². The van der Waals surface area contributed by atoms with Crippen molar-refractivity contribution >= 4 is 11.6 Å². The van der Waals surface area contributed by atoms with Gasteiger partial charge in [-0.1, -0.05) is 26.0 Å². The zero-order chi connectivity index (χ0) is 16.2. The predicted molar refractivity (Wildman–Crippen MR) is 83.8 cm³/mol. The number of carbonyl (C=O) groups excluding carboxylic acids is 2. The highest BCUT2D eigenvalue weighted by molar-refractivity contribution is 6.04. The molecule has 120 valence electrons. The van der Waals surface area contributed by atoms with Crippen molar-refractivity contribution in [1.82, 2.24) is 0 Å². The van der Waals surface area contributed by atoms with Gasteiger partial charge in [0, 0.05) is 17.9 Å². The Kier molecular flexibility index (Phi) is 5.35. The molecule has 0 aliphatic heterocycles. The molecular formula is C18H24O4. The van der Waals surface area contributed by atoms with Gasteiger partial charge in [-0.2, -0.15) is 0 Å². The van der Waals surface area contributed by atoms with Gasteiger partial charge in [-0.15, -0.1) is 0 Å². The van der Waals surface area contributed by atoms with Gasteiger partial charge in [0.25, 0.3) is 0 Å². The van der Waals surface area contributed by atoms with Crippen LogP contribution < -0.4 is 4.74 Å². The molecule has 0 amide bonds. The number of ether oxygens (including phenoxy) is 2. The highest BCUT2D eigenvalue weighted by Crippen LogP contribution is 2.37. The number of rotatable bonds is 6. The Hall–Kier alpha value is -1.68. The predicted octanol–water partition coefficient (Wildman–Crippen LogP) is 3.18. The lowest BCUT2D eigenvalue weighted by Crippen LogP contribution is -2.40. The van der Waals surface area contributed by atoms with Gasteiger partial charge in [0.05, 0.1) is 20.1 Å². The minimum Gasteiger partial charge on any atom is -0.497 e. The number of ketones is 2. The molecule has 0 spiro atoms. The summed E-state index contributed by atoms with van der Waals surface area (Å²) < 4.78 is 10.8. The van der Waals surface area contributed by atoms with Gasteiger partial charge in [-0.05, 0) is 30.5 Å². The number of hydrogen-bond donors (Lipinski definition) is 0. The van der Waals surface area contributed by atoms with Gasteiger partial charge in [-0.25, -0.2) is 0 Å². The molecule has 0 heterocycles. The first-order valence-electron chi connectivity index (χ1n) is 7.71. The van der Waals surface area contributed by atoms with Crippen LogP contribution >= 0.6 is 0 Å². The van der Waals surface area contributed by atoms with Crippen LogP contribution in [0.3, 0.4) is 0 Å². The lowest BCUT2D eigenvalue weighted by molar-refractivity contribution is -0.141. The molecule has 1 aliphatic carbocycles. The van der Waals surface area contributed by atoms with Crippen LogP contribution in [0.5, 0.6) is 5.75 Å². The van der Waals surface area contributed by atoms with E-state index in [1.165, 1.54) is 0 Å². The van der Waals surface area contributed by atoms with E-state index in [2.05, 4.69) is 0 Å². The van der Waals surface area contributed by atoms with Gasteiger partial charge in [0.15, 0.2) is 0 Å². The van der Waals surface area contributed by atoms with E-state index in [1.807, 2.05) is 38.1 Å². The summed E-state index contributed by atoms with van der Waals surface area (Å²) in [7, 11) is 1.64. The molecule has 0 saturated heterocycles. The fraction of sp³-hybridized carbons (Fsp3) is 0.556. The van der Waals surface area contributed by atoms with Gasteiger partial charge in [0.1, 0.15) is 17.3 Å². The molecular weight excluding hydrogens is 280 g/mol. The second kappa shape index (κ2) is 7.05. The van der Waals surface area contributed by atoms with E-state index in [0.29, 0.717) is 26.1 Å². The monoisotopic (exact) mass is 304 g/mol. The van der Waals surface area contributed by atoms with Crippen LogP contribution in [-0.4, -0.2) is 25.3 Å². The smallest absolute Gasteiger partial charge is 0.146 e. The van der Waals surface area contributed by atoms with Crippen LogP contribution in [0.25, 0.3) is 0 Å². The van der Waals surface area contributed by atoms with Gasteiger partial charge in [0.2, 0.25) is 0 Å². The summed E-state index contributed by atoms with van der Waals surface area (Å²) in [6.45, 7) is 4.90. The molecule has 4 nitrogen and oxygen atoms in total. The second-order valence-corrected chi connectivity index (χ2v) is 6.38. The maximum atomic E-state index is 12.1. The second-order valence-electron chi connectivity index (χ2n) is 6.38. The van der Waals surface area contributed by atoms with Crippen molar-refractivity contribution in [3.05, 3.63) is 29.8 Å². The average Bonchev–Trinajstić information content (AvgIpc) is 2.50. The number of carbonyl (C=O) groups is 2. The molecule has 4 heteroatoms. The van der Waals surface area contributed by atoms with Crippen molar-refractivity contribution in [2.24, 2.45) is 11.3 Å². The molecule has 22 heavy (non-hydrogen) atoms. The first-order chi connectivity index (χ1) is 10.4. The molecule has 0 N–H and O–H groups in total. The Morgan fingerprint density at radius 2 is 1.91 bits per heavy atom. The third kappa shape index (κ3) is 3.95. The van der Waals surface area contributed by atoms with E-state index >= 15 is 0 Å². The van der Waals surface area contributed by atoms with E-state index in [1.54, 1.807) is 7.11 Å². The van der Waals surface area contributed by atoms with Crippen LogP contribution in [0.15, 0.2) is 24.3 Å². The fourth-order valence-electron chi connectivity index (χ4n) is 2.90. The summed E-state index contributed by atoms with van der Waals surface area (Å²) in [6.07, 6.45) is 1.38. The number of methoxy groups -OCH3 is 1. The molecule has 0 radical (unpaired) electrons. The molecule has 2 unspecified atom stereocenters. The van der Waals surface area contributed by atoms with Crippen LogP contribution in [-0.2, 0) is 20.9 Å². The van der Waals surface area contributed by atoms with E-state index < -0.39 is 5.41 Å². The average molecular weight is 304 g/mol. The van der Waals surface area contributed by atoms with E-state index in [9.17, 15) is 9.59 Å². The minimum absolute atomic E-state index is 0.0238. The SMILES string of the molecule is COc1ccc(COCCC2(C)CC(C)C(=O)CC2=O)cc1. The van der Waals surface area contributed by atoms with Gasteiger partial charge < -0.3 is 9.47 Å².